The van der Waals surface area contributed by atoms with Gasteiger partial charge in [-0.15, -0.1) is 0 Å². The minimum Gasteiger partial charge on any atom is -0.479 e. The highest BCUT2D eigenvalue weighted by Gasteiger charge is 2.24. The van der Waals surface area contributed by atoms with Gasteiger partial charge in [-0.1, -0.05) is 30.3 Å². The van der Waals surface area contributed by atoms with Gasteiger partial charge in [-0.3, -0.25) is 4.79 Å². The summed E-state index contributed by atoms with van der Waals surface area (Å²) in [4.78, 5) is 23.1. The molecule has 5 nitrogen and oxygen atoms in total. The van der Waals surface area contributed by atoms with Gasteiger partial charge in [-0.2, -0.15) is 0 Å². The molecule has 0 spiro atoms. The van der Waals surface area contributed by atoms with E-state index in [0.717, 1.165) is 19.5 Å². The number of aliphatic carboxylic acids is 1. The fraction of sp³-hybridized carbons (Fsp3) is 0.429. The number of hydrogen-bond acceptors (Lipinski definition) is 3. The number of carbonyl (C=O) groups is 2. The van der Waals surface area contributed by atoms with Crippen molar-refractivity contribution in [1.82, 2.24) is 10.6 Å². The predicted molar refractivity (Wildman–Crippen MR) is 70.6 cm³/mol. The van der Waals surface area contributed by atoms with Gasteiger partial charge in [-0.25, -0.2) is 4.79 Å². The fourth-order valence-corrected chi connectivity index (χ4v) is 2.30. The summed E-state index contributed by atoms with van der Waals surface area (Å²) in [6.45, 7) is 1.76. The van der Waals surface area contributed by atoms with Crippen molar-refractivity contribution >= 4 is 11.9 Å². The Morgan fingerprint density at radius 2 is 2.11 bits per heavy atom. The van der Waals surface area contributed by atoms with Crippen molar-refractivity contribution in [1.29, 1.82) is 0 Å². The van der Waals surface area contributed by atoms with Gasteiger partial charge in [-0.05, 0) is 31.0 Å². The molecule has 1 unspecified atom stereocenters. The molecule has 19 heavy (non-hydrogen) atoms. The molecule has 1 amide bonds. The summed E-state index contributed by atoms with van der Waals surface area (Å²) in [5, 5.41) is 15.0. The molecule has 2 rings (SSSR count). The van der Waals surface area contributed by atoms with Gasteiger partial charge in [0.2, 0.25) is 5.91 Å². The molecule has 1 aliphatic rings. The molecule has 0 aromatic heterocycles. The van der Waals surface area contributed by atoms with Crippen molar-refractivity contribution in [2.24, 2.45) is 5.92 Å². The molecule has 5 heteroatoms. The first-order valence-electron chi connectivity index (χ1n) is 6.44. The zero-order chi connectivity index (χ0) is 13.7. The molecule has 0 saturated carbocycles. The van der Waals surface area contributed by atoms with Crippen molar-refractivity contribution in [3.05, 3.63) is 35.9 Å². The monoisotopic (exact) mass is 262 g/mol. The van der Waals surface area contributed by atoms with E-state index in [0.29, 0.717) is 17.9 Å². The van der Waals surface area contributed by atoms with E-state index in [9.17, 15) is 14.7 Å². The molecule has 1 fully saturated rings. The van der Waals surface area contributed by atoms with E-state index in [-0.39, 0.29) is 5.91 Å². The highest BCUT2D eigenvalue weighted by atomic mass is 16.4. The van der Waals surface area contributed by atoms with E-state index in [1.807, 2.05) is 6.07 Å². The normalized spacial score (nSPS) is 19.9. The number of benzene rings is 1. The van der Waals surface area contributed by atoms with Gasteiger partial charge in [0, 0.05) is 6.42 Å². The summed E-state index contributed by atoms with van der Waals surface area (Å²) >= 11 is 0. The molecule has 0 aliphatic carbocycles. The van der Waals surface area contributed by atoms with Crippen LogP contribution in [0.1, 0.15) is 24.4 Å². The van der Waals surface area contributed by atoms with Crippen molar-refractivity contribution in [2.75, 3.05) is 13.1 Å². The third-order valence-electron chi connectivity index (χ3n) is 3.32. The molecule has 2 atom stereocenters. The Hall–Kier alpha value is -1.88. The first-order valence-corrected chi connectivity index (χ1v) is 6.44. The van der Waals surface area contributed by atoms with E-state index in [4.69, 9.17) is 0 Å². The summed E-state index contributed by atoms with van der Waals surface area (Å²) in [7, 11) is 0. The van der Waals surface area contributed by atoms with E-state index in [1.165, 1.54) is 0 Å². The van der Waals surface area contributed by atoms with Crippen LogP contribution < -0.4 is 10.6 Å². The average molecular weight is 262 g/mol. The second kappa shape index (κ2) is 6.33. The molecular weight excluding hydrogens is 244 g/mol. The number of carbonyl (C=O) groups excluding carboxylic acids is 1. The lowest BCUT2D eigenvalue weighted by Crippen LogP contribution is -2.34. The SMILES string of the molecule is O=C(CC1CCNC1)N[C@@H](C(=O)O)c1ccccc1. The lowest BCUT2D eigenvalue weighted by atomic mass is 10.0. The van der Waals surface area contributed by atoms with Crippen LogP contribution in [0.5, 0.6) is 0 Å². The predicted octanol–water partition coefficient (Wildman–Crippen LogP) is 0.928. The summed E-state index contributed by atoms with van der Waals surface area (Å²) in [5.41, 5.74) is 0.591. The van der Waals surface area contributed by atoms with Gasteiger partial charge in [0.25, 0.3) is 0 Å². The first-order chi connectivity index (χ1) is 9.16. The fourth-order valence-electron chi connectivity index (χ4n) is 2.30. The average Bonchev–Trinajstić information content (AvgIpc) is 2.89. The highest BCUT2D eigenvalue weighted by Crippen LogP contribution is 2.16. The summed E-state index contributed by atoms with van der Waals surface area (Å²) in [5.74, 6) is -0.931. The Morgan fingerprint density at radius 3 is 2.68 bits per heavy atom. The Morgan fingerprint density at radius 1 is 1.37 bits per heavy atom. The Bertz CT molecular complexity index is 441. The molecule has 1 aliphatic heterocycles. The van der Waals surface area contributed by atoms with Crippen LogP contribution in [0.25, 0.3) is 0 Å². The van der Waals surface area contributed by atoms with Gasteiger partial charge >= 0.3 is 5.97 Å². The van der Waals surface area contributed by atoms with Crippen LogP contribution in [0, 0.1) is 5.92 Å². The number of rotatable bonds is 5. The zero-order valence-electron chi connectivity index (χ0n) is 10.6. The van der Waals surface area contributed by atoms with E-state index >= 15 is 0 Å². The molecule has 102 valence electrons. The molecule has 1 saturated heterocycles. The zero-order valence-corrected chi connectivity index (χ0v) is 10.6. The van der Waals surface area contributed by atoms with Gasteiger partial charge in [0.1, 0.15) is 0 Å². The van der Waals surface area contributed by atoms with Crippen molar-refractivity contribution < 1.29 is 14.7 Å². The maximum atomic E-state index is 11.9. The standard InChI is InChI=1S/C14H18N2O3/c17-12(8-10-6-7-15-9-10)16-13(14(18)19)11-4-2-1-3-5-11/h1-5,10,13,15H,6-9H2,(H,16,17)(H,18,19)/t10?,13-/m1/s1. The van der Waals surface area contributed by atoms with E-state index in [1.54, 1.807) is 24.3 Å². The highest BCUT2D eigenvalue weighted by molar-refractivity contribution is 5.84. The van der Waals surface area contributed by atoms with Crippen LogP contribution in [-0.2, 0) is 9.59 Å². The molecule has 0 bridgehead atoms. The molecule has 1 aromatic carbocycles. The van der Waals surface area contributed by atoms with Crippen molar-refractivity contribution in [3.8, 4) is 0 Å². The second-order valence-corrected chi connectivity index (χ2v) is 4.81. The van der Waals surface area contributed by atoms with Crippen LogP contribution in [0.4, 0.5) is 0 Å². The van der Waals surface area contributed by atoms with Gasteiger partial charge in [0.15, 0.2) is 6.04 Å². The number of hydrogen-bond donors (Lipinski definition) is 3. The Balaban J connectivity index is 1.97. The number of carboxylic acids is 1. The van der Waals surface area contributed by atoms with Crippen molar-refractivity contribution in [2.45, 2.75) is 18.9 Å². The van der Waals surface area contributed by atoms with Crippen LogP contribution in [0.15, 0.2) is 30.3 Å². The maximum Gasteiger partial charge on any atom is 0.330 e. The molecular formula is C14H18N2O3. The minimum absolute atomic E-state index is 0.204. The minimum atomic E-state index is -1.04. The third-order valence-corrected chi connectivity index (χ3v) is 3.32. The van der Waals surface area contributed by atoms with Crippen LogP contribution >= 0.6 is 0 Å². The topological polar surface area (TPSA) is 78.4 Å². The van der Waals surface area contributed by atoms with Crippen LogP contribution in [-0.4, -0.2) is 30.1 Å². The number of carboxylic acid groups (broad SMARTS) is 1. The second-order valence-electron chi connectivity index (χ2n) is 4.81. The Kier molecular flexibility index (Phi) is 4.52. The number of nitrogens with one attached hydrogen (secondary N) is 2. The first kappa shape index (κ1) is 13.5. The van der Waals surface area contributed by atoms with Crippen LogP contribution in [0.2, 0.25) is 0 Å². The quantitative estimate of drug-likeness (QED) is 0.737. The molecule has 1 aromatic rings. The molecule has 3 N–H and O–H groups in total. The largest absolute Gasteiger partial charge is 0.479 e. The Labute approximate surface area is 112 Å². The lowest BCUT2D eigenvalue weighted by Gasteiger charge is -2.16. The van der Waals surface area contributed by atoms with Crippen molar-refractivity contribution in [3.63, 3.8) is 0 Å². The van der Waals surface area contributed by atoms with E-state index < -0.39 is 12.0 Å². The van der Waals surface area contributed by atoms with Gasteiger partial charge in [0.05, 0.1) is 0 Å². The van der Waals surface area contributed by atoms with Gasteiger partial charge < -0.3 is 15.7 Å². The summed E-state index contributed by atoms with van der Waals surface area (Å²) < 4.78 is 0. The number of amides is 1. The molecule has 0 radical (unpaired) electrons. The smallest absolute Gasteiger partial charge is 0.330 e. The summed E-state index contributed by atoms with van der Waals surface area (Å²) in [6.07, 6.45) is 1.35. The maximum absolute atomic E-state index is 11.9. The van der Waals surface area contributed by atoms with E-state index in [2.05, 4.69) is 10.6 Å². The summed E-state index contributed by atoms with van der Waals surface area (Å²) in [6, 6.07) is 7.78. The third kappa shape index (κ3) is 3.79. The lowest BCUT2D eigenvalue weighted by molar-refractivity contribution is -0.142. The van der Waals surface area contributed by atoms with Crippen LogP contribution in [0.3, 0.4) is 0 Å². The molecule has 1 heterocycles.